The van der Waals surface area contributed by atoms with Crippen molar-refractivity contribution in [3.8, 4) is 11.8 Å². The number of aliphatic hydroxyl groups excluding tert-OH is 1. The maximum Gasteiger partial charge on any atom is 0.256 e. The van der Waals surface area contributed by atoms with Gasteiger partial charge in [0, 0.05) is 72.4 Å². The Morgan fingerprint density at radius 1 is 1.02 bits per heavy atom. The van der Waals surface area contributed by atoms with E-state index in [1.165, 1.54) is 31.0 Å². The first-order valence-corrected chi connectivity index (χ1v) is 16.9. The molecule has 2 saturated heterocycles. The van der Waals surface area contributed by atoms with Gasteiger partial charge >= 0.3 is 0 Å². The fourth-order valence-corrected chi connectivity index (χ4v) is 6.79. The van der Waals surface area contributed by atoms with Crippen molar-refractivity contribution in [3.63, 3.8) is 0 Å². The molecule has 3 aromatic carbocycles. The first-order valence-electron chi connectivity index (χ1n) is 16.9. The standard InChI is InChI=1S/C38H36F2N8O4/c39-30-4-8-33(34(40)16-30)38(23-48-25-42-24-44-48)17-27(22-52-38)21-51-35-9-7-32(15-29(35)20-49)47-13-11-46(12-14-47)31-5-2-28(3-6-31)37(50)45-36-10-1-26(18-41)19-43-36/h1-10,15-16,19,24-25,27,49H,11-14,17,20-23H2,(H,43,45,50)/t27?,38-/m0/s1. The summed E-state index contributed by atoms with van der Waals surface area (Å²) < 4.78 is 42.8. The number of halogens is 2. The zero-order valence-electron chi connectivity index (χ0n) is 28.2. The third kappa shape index (κ3) is 7.56. The van der Waals surface area contributed by atoms with Crippen LogP contribution in [0.3, 0.4) is 0 Å². The molecule has 0 bridgehead atoms. The molecule has 2 atom stereocenters. The van der Waals surface area contributed by atoms with Crippen LogP contribution in [0.4, 0.5) is 26.0 Å². The highest BCUT2D eigenvalue weighted by Gasteiger charge is 2.44. The van der Waals surface area contributed by atoms with Crippen LogP contribution >= 0.6 is 0 Å². The van der Waals surface area contributed by atoms with Crippen molar-refractivity contribution < 1.29 is 28.2 Å². The maximum atomic E-state index is 15.0. The molecule has 1 amide bonds. The minimum Gasteiger partial charge on any atom is -0.493 e. The molecule has 2 N–H and O–H groups in total. The van der Waals surface area contributed by atoms with Gasteiger partial charge in [0.2, 0.25) is 0 Å². The first kappa shape index (κ1) is 34.5. The summed E-state index contributed by atoms with van der Waals surface area (Å²) in [6.45, 7) is 3.61. The number of aliphatic hydroxyl groups is 1. The van der Waals surface area contributed by atoms with Gasteiger partial charge in [-0.1, -0.05) is 6.07 Å². The van der Waals surface area contributed by atoms with Gasteiger partial charge in [0.15, 0.2) is 0 Å². The number of anilines is 3. The van der Waals surface area contributed by atoms with Gasteiger partial charge in [0.25, 0.3) is 5.91 Å². The van der Waals surface area contributed by atoms with Crippen molar-refractivity contribution in [3.05, 3.63) is 126 Å². The summed E-state index contributed by atoms with van der Waals surface area (Å²) in [6.07, 6.45) is 4.75. The Balaban J connectivity index is 0.940. The third-order valence-corrected chi connectivity index (χ3v) is 9.48. The second kappa shape index (κ2) is 15.1. The summed E-state index contributed by atoms with van der Waals surface area (Å²) in [4.78, 5) is 25.3. The Hall–Kier alpha value is -5.91. The number of carbonyl (C=O) groups is 1. The van der Waals surface area contributed by atoms with Crippen LogP contribution in [0.25, 0.3) is 0 Å². The van der Waals surface area contributed by atoms with E-state index < -0.39 is 17.2 Å². The lowest BCUT2D eigenvalue weighted by Crippen LogP contribution is -2.46. The number of piperazine rings is 1. The molecule has 0 spiro atoms. The molecule has 52 heavy (non-hydrogen) atoms. The van der Waals surface area contributed by atoms with Gasteiger partial charge in [-0.2, -0.15) is 10.4 Å². The van der Waals surface area contributed by atoms with Crippen molar-refractivity contribution >= 4 is 23.1 Å². The Kier molecular flexibility index (Phi) is 10.1. The first-order chi connectivity index (χ1) is 25.3. The fourth-order valence-electron chi connectivity index (χ4n) is 6.79. The number of carbonyl (C=O) groups excluding carboxylic acids is 1. The average Bonchev–Trinajstić information content (AvgIpc) is 3.85. The van der Waals surface area contributed by atoms with E-state index in [1.54, 1.807) is 28.9 Å². The van der Waals surface area contributed by atoms with Crippen LogP contribution in [-0.2, 0) is 23.5 Å². The Labute approximate surface area is 298 Å². The Morgan fingerprint density at radius 2 is 1.79 bits per heavy atom. The topological polar surface area (TPSA) is 142 Å². The predicted molar refractivity (Wildman–Crippen MR) is 188 cm³/mol. The minimum atomic E-state index is -1.08. The molecular weight excluding hydrogens is 670 g/mol. The fraction of sp³-hybridized carbons (Fsp3) is 0.289. The van der Waals surface area contributed by atoms with Gasteiger partial charge in [0.05, 0.1) is 31.9 Å². The second-order valence-electron chi connectivity index (χ2n) is 12.9. The molecule has 14 heteroatoms. The predicted octanol–water partition coefficient (Wildman–Crippen LogP) is 4.91. The molecule has 2 fully saturated rings. The number of aromatic nitrogens is 4. The van der Waals surface area contributed by atoms with Gasteiger partial charge in [0.1, 0.15) is 47.5 Å². The van der Waals surface area contributed by atoms with Crippen molar-refractivity contribution in [2.24, 2.45) is 5.92 Å². The summed E-state index contributed by atoms with van der Waals surface area (Å²) >= 11 is 0. The highest BCUT2D eigenvalue weighted by Crippen LogP contribution is 2.42. The SMILES string of the molecule is N#Cc1ccc(NC(=O)c2ccc(N3CCN(c4ccc(OCC5CO[C@@](Cn6cncn6)(c6ccc(F)cc6F)C5)c(CO)c4)CC3)cc2)nc1. The number of ether oxygens (including phenoxy) is 2. The quantitative estimate of drug-likeness (QED) is 0.195. The molecule has 4 heterocycles. The summed E-state index contributed by atoms with van der Waals surface area (Å²) in [6, 6.07) is 21.9. The number of pyridine rings is 1. The van der Waals surface area contributed by atoms with Gasteiger partial charge in [-0.15, -0.1) is 0 Å². The van der Waals surface area contributed by atoms with Crippen molar-refractivity contribution in [2.45, 2.75) is 25.2 Å². The van der Waals surface area contributed by atoms with Crippen LogP contribution in [0.1, 0.15) is 33.5 Å². The lowest BCUT2D eigenvalue weighted by Gasteiger charge is -2.37. The van der Waals surface area contributed by atoms with E-state index >= 15 is 4.39 Å². The van der Waals surface area contributed by atoms with Crippen LogP contribution in [0, 0.1) is 28.9 Å². The van der Waals surface area contributed by atoms with Gasteiger partial charge in [-0.3, -0.25) is 4.79 Å². The van der Waals surface area contributed by atoms with Crippen molar-refractivity contribution in [1.82, 2.24) is 19.7 Å². The molecule has 0 radical (unpaired) electrons. The maximum absolute atomic E-state index is 15.0. The van der Waals surface area contributed by atoms with Gasteiger partial charge in [-0.05, 0) is 67.1 Å². The molecule has 2 aliphatic heterocycles. The van der Waals surface area contributed by atoms with E-state index in [4.69, 9.17) is 14.7 Å². The number of hydrogen-bond donors (Lipinski definition) is 2. The smallest absolute Gasteiger partial charge is 0.256 e. The lowest BCUT2D eigenvalue weighted by molar-refractivity contribution is -0.0206. The minimum absolute atomic E-state index is 0.102. The largest absolute Gasteiger partial charge is 0.493 e. The molecule has 2 aliphatic rings. The van der Waals surface area contributed by atoms with E-state index in [-0.39, 0.29) is 37.1 Å². The molecule has 2 aromatic heterocycles. The molecule has 7 rings (SSSR count). The number of nitriles is 1. The monoisotopic (exact) mass is 706 g/mol. The number of amides is 1. The number of benzene rings is 3. The normalized spacial score (nSPS) is 18.6. The summed E-state index contributed by atoms with van der Waals surface area (Å²) in [5, 5.41) is 26.1. The summed E-state index contributed by atoms with van der Waals surface area (Å²) in [7, 11) is 0. The van der Waals surface area contributed by atoms with Crippen LogP contribution in [0.5, 0.6) is 5.75 Å². The van der Waals surface area contributed by atoms with E-state index in [0.717, 1.165) is 43.6 Å². The highest BCUT2D eigenvalue weighted by atomic mass is 19.1. The third-order valence-electron chi connectivity index (χ3n) is 9.48. The molecule has 0 saturated carbocycles. The highest BCUT2D eigenvalue weighted by molar-refractivity contribution is 6.03. The Bertz CT molecular complexity index is 2050. The number of nitrogens with zero attached hydrogens (tertiary/aromatic N) is 7. The molecule has 1 unspecified atom stereocenters. The zero-order valence-corrected chi connectivity index (χ0v) is 28.2. The van der Waals surface area contributed by atoms with Gasteiger partial charge in [-0.25, -0.2) is 23.4 Å². The van der Waals surface area contributed by atoms with E-state index in [2.05, 4.69) is 30.2 Å². The molecule has 266 valence electrons. The van der Waals surface area contributed by atoms with E-state index in [1.807, 2.05) is 36.4 Å². The number of rotatable bonds is 11. The van der Waals surface area contributed by atoms with Crippen LogP contribution < -0.4 is 19.9 Å². The number of hydrogen-bond acceptors (Lipinski definition) is 10. The Morgan fingerprint density at radius 3 is 2.46 bits per heavy atom. The molecular formula is C38H36F2N8O4. The van der Waals surface area contributed by atoms with Crippen LogP contribution in [0.15, 0.2) is 91.6 Å². The summed E-state index contributed by atoms with van der Waals surface area (Å²) in [5.41, 5.74) is 2.74. The van der Waals surface area contributed by atoms with E-state index in [9.17, 15) is 14.3 Å². The van der Waals surface area contributed by atoms with Crippen molar-refractivity contribution in [1.29, 1.82) is 5.26 Å². The molecule has 0 aliphatic carbocycles. The van der Waals surface area contributed by atoms with Gasteiger partial charge < -0.3 is 29.7 Å². The summed E-state index contributed by atoms with van der Waals surface area (Å²) in [5.74, 6) is -0.794. The molecule has 5 aromatic rings. The number of nitrogens with one attached hydrogen (secondary N) is 1. The average molecular weight is 707 g/mol. The lowest BCUT2D eigenvalue weighted by atomic mass is 9.87. The van der Waals surface area contributed by atoms with Crippen LogP contribution in [-0.4, -0.2) is 70.2 Å². The zero-order chi connectivity index (χ0) is 36.1. The second-order valence-corrected chi connectivity index (χ2v) is 12.9. The van der Waals surface area contributed by atoms with Crippen LogP contribution in [0.2, 0.25) is 0 Å². The van der Waals surface area contributed by atoms with E-state index in [0.29, 0.717) is 41.3 Å². The van der Waals surface area contributed by atoms with Crippen molar-refractivity contribution in [2.75, 3.05) is 54.5 Å². The molecule has 12 nitrogen and oxygen atoms in total.